The van der Waals surface area contributed by atoms with Crippen molar-refractivity contribution in [3.8, 4) is 0 Å². The predicted molar refractivity (Wildman–Crippen MR) is 126 cm³/mol. The molecule has 1 amide bonds. The van der Waals surface area contributed by atoms with Gasteiger partial charge in [0.15, 0.2) is 0 Å². The molecule has 0 aliphatic carbocycles. The molecule has 6 nitrogen and oxygen atoms in total. The number of aromatic nitrogens is 3. The molecule has 1 saturated heterocycles. The maximum atomic E-state index is 13.2. The van der Waals surface area contributed by atoms with Crippen LogP contribution < -0.4 is 5.32 Å². The van der Waals surface area contributed by atoms with Gasteiger partial charge < -0.3 is 5.32 Å². The van der Waals surface area contributed by atoms with Crippen molar-refractivity contribution in [2.24, 2.45) is 13.0 Å². The summed E-state index contributed by atoms with van der Waals surface area (Å²) in [5.41, 5.74) is 2.83. The van der Waals surface area contributed by atoms with Crippen molar-refractivity contribution >= 4 is 39.1 Å². The summed E-state index contributed by atoms with van der Waals surface area (Å²) in [5.74, 6) is -0.136. The Labute approximate surface area is 195 Å². The zero-order valence-corrected chi connectivity index (χ0v) is 19.8. The van der Waals surface area contributed by atoms with Crippen molar-refractivity contribution in [1.82, 2.24) is 19.9 Å². The fourth-order valence-corrected chi connectivity index (χ4v) is 4.78. The molecule has 162 valence electrons. The van der Waals surface area contributed by atoms with Crippen LogP contribution >= 0.6 is 27.5 Å². The summed E-state index contributed by atoms with van der Waals surface area (Å²) in [6, 6.07) is 16.0. The Balaban J connectivity index is 1.57. The molecule has 3 atom stereocenters. The topological polar surface area (TPSA) is 63.1 Å². The van der Waals surface area contributed by atoms with E-state index in [4.69, 9.17) is 11.6 Å². The van der Waals surface area contributed by atoms with Crippen molar-refractivity contribution in [2.75, 3.05) is 5.32 Å². The third kappa shape index (κ3) is 5.17. The predicted octanol–water partition coefficient (Wildman–Crippen LogP) is 5.21. The molecule has 3 unspecified atom stereocenters. The number of rotatable bonds is 5. The molecule has 1 aromatic heterocycles. The van der Waals surface area contributed by atoms with Gasteiger partial charge in [0.1, 0.15) is 0 Å². The summed E-state index contributed by atoms with van der Waals surface area (Å²) < 4.78 is 2.53. The minimum Gasteiger partial charge on any atom is -0.325 e. The second-order valence-electron chi connectivity index (χ2n) is 8.12. The number of benzene rings is 2. The molecule has 2 aromatic carbocycles. The van der Waals surface area contributed by atoms with E-state index in [1.54, 1.807) is 16.8 Å². The number of amides is 1. The highest BCUT2D eigenvalue weighted by Gasteiger charge is 2.38. The van der Waals surface area contributed by atoms with E-state index in [1.807, 2.05) is 25.4 Å². The molecule has 4 rings (SSSR count). The molecule has 1 fully saturated rings. The normalized spacial score (nSPS) is 21.7. The fourth-order valence-electron chi connectivity index (χ4n) is 4.27. The van der Waals surface area contributed by atoms with Crippen LogP contribution in [0.1, 0.15) is 37.1 Å². The van der Waals surface area contributed by atoms with Gasteiger partial charge in [-0.2, -0.15) is 0 Å². The Bertz CT molecular complexity index is 1060. The average molecular weight is 503 g/mol. The molecule has 1 N–H and O–H groups in total. The van der Waals surface area contributed by atoms with E-state index in [0.29, 0.717) is 17.1 Å². The van der Waals surface area contributed by atoms with Crippen LogP contribution in [0.4, 0.5) is 5.69 Å². The number of carbonyl (C=O) groups excluding carboxylic acids is 1. The third-order valence-corrected chi connectivity index (χ3v) is 6.75. The first-order chi connectivity index (χ1) is 14.9. The second kappa shape index (κ2) is 9.51. The first-order valence-electron chi connectivity index (χ1n) is 10.3. The number of nitrogens with one attached hydrogen (secondary N) is 1. The number of halogens is 2. The molecule has 8 heteroatoms. The van der Waals surface area contributed by atoms with E-state index in [-0.39, 0.29) is 23.9 Å². The zero-order chi connectivity index (χ0) is 22.0. The van der Waals surface area contributed by atoms with Gasteiger partial charge in [-0.05, 0) is 59.5 Å². The molecule has 0 bridgehead atoms. The maximum Gasteiger partial charge on any atom is 0.227 e. The summed E-state index contributed by atoms with van der Waals surface area (Å²) in [4.78, 5) is 15.6. The van der Waals surface area contributed by atoms with E-state index >= 15 is 0 Å². The Morgan fingerprint density at radius 3 is 2.71 bits per heavy atom. The molecule has 3 aromatic rings. The Kier molecular flexibility index (Phi) is 6.74. The van der Waals surface area contributed by atoms with Gasteiger partial charge in [-0.15, -0.1) is 5.10 Å². The minimum absolute atomic E-state index is 0.00284. The maximum absolute atomic E-state index is 13.2. The summed E-state index contributed by atoms with van der Waals surface area (Å²) in [6.07, 6.45) is 3.40. The van der Waals surface area contributed by atoms with Gasteiger partial charge in [-0.1, -0.05) is 47.1 Å². The lowest BCUT2D eigenvalue weighted by molar-refractivity contribution is -0.123. The molecule has 31 heavy (non-hydrogen) atoms. The van der Waals surface area contributed by atoms with Gasteiger partial charge in [0.05, 0.1) is 17.4 Å². The molecule has 0 saturated carbocycles. The Morgan fingerprint density at radius 1 is 1.23 bits per heavy atom. The smallest absolute Gasteiger partial charge is 0.227 e. The van der Waals surface area contributed by atoms with E-state index < -0.39 is 0 Å². The van der Waals surface area contributed by atoms with Gasteiger partial charge >= 0.3 is 0 Å². The summed E-state index contributed by atoms with van der Waals surface area (Å²) in [6.45, 7) is 2.98. The number of nitrogens with zero attached hydrogens (tertiary/aromatic N) is 4. The van der Waals surface area contributed by atoms with Crippen LogP contribution in [0, 0.1) is 5.92 Å². The van der Waals surface area contributed by atoms with Crippen LogP contribution in [0.25, 0.3) is 0 Å². The highest BCUT2D eigenvalue weighted by molar-refractivity contribution is 9.10. The third-order valence-electron chi connectivity index (χ3n) is 5.83. The summed E-state index contributed by atoms with van der Waals surface area (Å²) in [5, 5.41) is 12.2. The standard InChI is InChI=1S/C23H25BrClN5O/c1-15-10-17(23(31)26-20-12-18(25)8-9-19(20)24)11-22(21-14-29(2)28-27-21)30(15)13-16-6-4-3-5-7-16/h3-9,12,14-15,17,22H,10-11,13H2,1-2H3,(H,26,31). The summed E-state index contributed by atoms with van der Waals surface area (Å²) >= 11 is 9.60. The highest BCUT2D eigenvalue weighted by atomic mass is 79.9. The second-order valence-corrected chi connectivity index (χ2v) is 9.41. The monoisotopic (exact) mass is 501 g/mol. The van der Waals surface area contributed by atoms with Crippen LogP contribution in [0.2, 0.25) is 5.02 Å². The summed E-state index contributed by atoms with van der Waals surface area (Å²) in [7, 11) is 1.87. The Hall–Kier alpha value is -2.22. The largest absolute Gasteiger partial charge is 0.325 e. The average Bonchev–Trinajstić information content (AvgIpc) is 3.19. The lowest BCUT2D eigenvalue weighted by atomic mass is 9.84. The Morgan fingerprint density at radius 2 is 2.00 bits per heavy atom. The number of carbonyl (C=O) groups is 1. The van der Waals surface area contributed by atoms with Gasteiger partial charge in [0, 0.05) is 41.2 Å². The molecule has 1 aliphatic heterocycles. The van der Waals surface area contributed by atoms with Crippen molar-refractivity contribution in [3.05, 3.63) is 75.5 Å². The van der Waals surface area contributed by atoms with Crippen LogP contribution in [0.15, 0.2) is 59.2 Å². The number of hydrogen-bond donors (Lipinski definition) is 1. The quantitative estimate of drug-likeness (QED) is 0.520. The number of aryl methyl sites for hydroxylation is 1. The number of hydrogen-bond acceptors (Lipinski definition) is 4. The van der Waals surface area contributed by atoms with Crippen LogP contribution in [0.5, 0.6) is 0 Å². The molecule has 1 aliphatic rings. The number of piperidine rings is 1. The first kappa shape index (κ1) is 22.0. The van der Waals surface area contributed by atoms with Crippen LogP contribution in [0.3, 0.4) is 0 Å². The van der Waals surface area contributed by atoms with Gasteiger partial charge in [-0.3, -0.25) is 14.4 Å². The van der Waals surface area contributed by atoms with E-state index in [9.17, 15) is 4.79 Å². The SMILES string of the molecule is CC1CC(C(=O)Nc2cc(Cl)ccc2Br)CC(c2cn(C)nn2)N1Cc1ccccc1. The van der Waals surface area contributed by atoms with Gasteiger partial charge in [0.2, 0.25) is 5.91 Å². The van der Waals surface area contributed by atoms with E-state index in [1.165, 1.54) is 5.56 Å². The van der Waals surface area contributed by atoms with Gasteiger partial charge in [-0.25, -0.2) is 0 Å². The molecular formula is C23H25BrClN5O. The van der Waals surface area contributed by atoms with Crippen LogP contribution in [-0.4, -0.2) is 31.8 Å². The molecule has 0 spiro atoms. The van der Waals surface area contributed by atoms with Crippen molar-refractivity contribution in [2.45, 2.75) is 38.4 Å². The molecular weight excluding hydrogens is 478 g/mol. The minimum atomic E-state index is -0.139. The zero-order valence-electron chi connectivity index (χ0n) is 17.5. The number of likely N-dealkylation sites (tertiary alicyclic amines) is 1. The van der Waals surface area contributed by atoms with Gasteiger partial charge in [0.25, 0.3) is 0 Å². The van der Waals surface area contributed by atoms with Crippen LogP contribution in [-0.2, 0) is 18.4 Å². The van der Waals surface area contributed by atoms with E-state index in [0.717, 1.165) is 23.1 Å². The first-order valence-corrected chi connectivity index (χ1v) is 11.5. The lowest BCUT2D eigenvalue weighted by Crippen LogP contribution is -2.45. The van der Waals surface area contributed by atoms with E-state index in [2.05, 4.69) is 67.6 Å². The fraction of sp³-hybridized carbons (Fsp3) is 0.348. The van der Waals surface area contributed by atoms with Crippen molar-refractivity contribution < 1.29 is 4.79 Å². The number of anilines is 1. The van der Waals surface area contributed by atoms with Crippen molar-refractivity contribution in [1.29, 1.82) is 0 Å². The molecule has 0 radical (unpaired) electrons. The lowest BCUT2D eigenvalue weighted by Gasteiger charge is -2.43. The van der Waals surface area contributed by atoms with Crippen molar-refractivity contribution in [3.63, 3.8) is 0 Å². The molecule has 2 heterocycles. The highest BCUT2D eigenvalue weighted by Crippen LogP contribution is 2.39.